The Morgan fingerprint density at radius 2 is 1.87 bits per heavy atom. The molecule has 1 saturated heterocycles. The normalized spacial score (nSPS) is 14.9. The molecule has 2 amide bonds. The summed E-state index contributed by atoms with van der Waals surface area (Å²) in [6.07, 6.45) is 0. The van der Waals surface area contributed by atoms with Crippen molar-refractivity contribution >= 4 is 21.8 Å². The Morgan fingerprint density at radius 1 is 1.13 bits per heavy atom. The highest BCUT2D eigenvalue weighted by Crippen LogP contribution is 2.33. The second kappa shape index (κ2) is 5.64. The first-order valence-corrected chi connectivity index (χ1v) is 8.24. The van der Waals surface area contributed by atoms with Gasteiger partial charge >= 0.3 is 6.03 Å². The van der Waals surface area contributed by atoms with Crippen molar-refractivity contribution in [3.05, 3.63) is 48.3 Å². The first kappa shape index (κ1) is 15.4. The zero-order valence-corrected chi connectivity index (χ0v) is 12.7. The van der Waals surface area contributed by atoms with Gasteiger partial charge in [-0.05, 0) is 24.3 Å². The first-order valence-electron chi connectivity index (χ1n) is 6.80. The summed E-state index contributed by atoms with van der Waals surface area (Å²) in [6, 6.07) is 9.27. The minimum Gasteiger partial charge on any atom is -0.336 e. The quantitative estimate of drug-likeness (QED) is 0.842. The predicted molar refractivity (Wildman–Crippen MR) is 82.4 cm³/mol. The highest BCUT2D eigenvalue weighted by molar-refractivity contribution is 7.86. The van der Waals surface area contributed by atoms with E-state index in [1.54, 1.807) is 6.07 Å². The number of halogens is 1. The Kier molecular flexibility index (Phi) is 3.78. The summed E-state index contributed by atoms with van der Waals surface area (Å²) in [4.78, 5) is 12.7. The van der Waals surface area contributed by atoms with E-state index in [0.29, 0.717) is 18.8 Å². The summed E-state index contributed by atoms with van der Waals surface area (Å²) >= 11 is 0. The van der Waals surface area contributed by atoms with Crippen molar-refractivity contribution in [3.8, 4) is 11.1 Å². The minimum atomic E-state index is -4.54. The van der Waals surface area contributed by atoms with Crippen LogP contribution in [-0.2, 0) is 10.1 Å². The van der Waals surface area contributed by atoms with Crippen molar-refractivity contribution in [1.29, 1.82) is 0 Å². The van der Waals surface area contributed by atoms with Crippen LogP contribution in [0.15, 0.2) is 47.4 Å². The van der Waals surface area contributed by atoms with Crippen LogP contribution in [-0.4, -0.2) is 32.1 Å². The molecule has 0 aromatic heterocycles. The van der Waals surface area contributed by atoms with Crippen molar-refractivity contribution in [3.63, 3.8) is 0 Å². The van der Waals surface area contributed by atoms with Crippen LogP contribution in [0.3, 0.4) is 0 Å². The van der Waals surface area contributed by atoms with E-state index in [2.05, 4.69) is 5.32 Å². The summed E-state index contributed by atoms with van der Waals surface area (Å²) in [7, 11) is -4.54. The fourth-order valence-corrected chi connectivity index (χ4v) is 3.21. The van der Waals surface area contributed by atoms with E-state index in [1.807, 2.05) is 0 Å². The summed E-state index contributed by atoms with van der Waals surface area (Å²) in [5, 5.41) is 2.63. The van der Waals surface area contributed by atoms with Gasteiger partial charge in [0, 0.05) is 29.9 Å². The largest absolute Gasteiger partial charge is 0.336 e. The predicted octanol–water partition coefficient (Wildman–Crippen LogP) is 2.27. The van der Waals surface area contributed by atoms with E-state index < -0.39 is 20.8 Å². The van der Waals surface area contributed by atoms with E-state index in [1.165, 1.54) is 35.2 Å². The maximum Gasteiger partial charge on any atom is 0.321 e. The molecule has 1 heterocycles. The topological polar surface area (TPSA) is 86.7 Å². The average molecular weight is 336 g/mol. The van der Waals surface area contributed by atoms with Crippen LogP contribution in [0.4, 0.5) is 14.9 Å². The standard InChI is InChI=1S/C15H13FN2O4S/c16-13-4-2-1-3-11(13)12-9-10(18-8-7-17-15(18)19)5-6-14(12)23(20,21)22/h1-6,9H,7-8H2,(H,17,19)(H,20,21,22). The van der Waals surface area contributed by atoms with Gasteiger partial charge in [-0.15, -0.1) is 0 Å². The number of carbonyl (C=O) groups excluding carboxylic acids is 1. The van der Waals surface area contributed by atoms with Crippen molar-refractivity contribution < 1.29 is 22.2 Å². The van der Waals surface area contributed by atoms with Gasteiger partial charge in [0.1, 0.15) is 10.7 Å². The first-order chi connectivity index (χ1) is 10.9. The molecule has 1 aliphatic rings. The number of nitrogens with one attached hydrogen (secondary N) is 1. The SMILES string of the molecule is O=C1NCCN1c1ccc(S(=O)(=O)O)c(-c2ccccc2F)c1. The van der Waals surface area contributed by atoms with Gasteiger partial charge in [-0.25, -0.2) is 9.18 Å². The van der Waals surface area contributed by atoms with Crippen LogP contribution in [0.5, 0.6) is 0 Å². The molecule has 0 spiro atoms. The van der Waals surface area contributed by atoms with E-state index in [4.69, 9.17) is 0 Å². The lowest BCUT2D eigenvalue weighted by atomic mass is 10.0. The summed E-state index contributed by atoms with van der Waals surface area (Å²) in [5.74, 6) is -0.625. The van der Waals surface area contributed by atoms with E-state index in [-0.39, 0.29) is 17.2 Å². The average Bonchev–Trinajstić information content (AvgIpc) is 2.92. The molecule has 8 heteroatoms. The van der Waals surface area contributed by atoms with Crippen LogP contribution in [0.1, 0.15) is 0 Å². The fraction of sp³-hybridized carbons (Fsp3) is 0.133. The number of urea groups is 1. The molecule has 1 aliphatic heterocycles. The molecule has 2 aromatic carbocycles. The summed E-state index contributed by atoms with van der Waals surface area (Å²) in [6.45, 7) is 0.884. The fourth-order valence-electron chi connectivity index (χ4n) is 2.52. The van der Waals surface area contributed by atoms with E-state index in [0.717, 1.165) is 6.07 Å². The van der Waals surface area contributed by atoms with Gasteiger partial charge in [-0.3, -0.25) is 9.45 Å². The van der Waals surface area contributed by atoms with Gasteiger partial charge in [0.15, 0.2) is 0 Å². The lowest BCUT2D eigenvalue weighted by Gasteiger charge is -2.17. The van der Waals surface area contributed by atoms with Gasteiger partial charge in [-0.2, -0.15) is 8.42 Å². The maximum atomic E-state index is 14.1. The smallest absolute Gasteiger partial charge is 0.321 e. The molecule has 0 radical (unpaired) electrons. The molecule has 2 aromatic rings. The monoisotopic (exact) mass is 336 g/mol. The van der Waals surface area contributed by atoms with Crippen LogP contribution >= 0.6 is 0 Å². The van der Waals surface area contributed by atoms with Gasteiger partial charge in [0.2, 0.25) is 0 Å². The molecule has 3 rings (SSSR count). The van der Waals surface area contributed by atoms with Crippen molar-refractivity contribution in [2.24, 2.45) is 0 Å². The zero-order valence-electron chi connectivity index (χ0n) is 11.9. The number of carbonyl (C=O) groups is 1. The second-order valence-electron chi connectivity index (χ2n) is 5.02. The maximum absolute atomic E-state index is 14.1. The lowest BCUT2D eigenvalue weighted by molar-refractivity contribution is 0.252. The molecule has 0 unspecified atom stereocenters. The Labute approximate surface area is 132 Å². The number of benzene rings is 2. The molecule has 6 nitrogen and oxygen atoms in total. The highest BCUT2D eigenvalue weighted by Gasteiger charge is 2.25. The van der Waals surface area contributed by atoms with Crippen molar-refractivity contribution in [1.82, 2.24) is 5.32 Å². The van der Waals surface area contributed by atoms with Crippen LogP contribution < -0.4 is 10.2 Å². The molecule has 1 fully saturated rings. The third-order valence-electron chi connectivity index (χ3n) is 3.57. The van der Waals surface area contributed by atoms with Crippen LogP contribution in [0, 0.1) is 5.82 Å². The molecule has 120 valence electrons. The molecule has 0 atom stereocenters. The van der Waals surface area contributed by atoms with Gasteiger partial charge in [0.25, 0.3) is 10.1 Å². The molecular weight excluding hydrogens is 323 g/mol. The third-order valence-corrected chi connectivity index (χ3v) is 4.49. The summed E-state index contributed by atoms with van der Waals surface area (Å²) in [5.41, 5.74) is 0.454. The minimum absolute atomic E-state index is 0.00259. The number of hydrogen-bond donors (Lipinski definition) is 2. The van der Waals surface area contributed by atoms with Gasteiger partial charge in [0.05, 0.1) is 0 Å². The van der Waals surface area contributed by atoms with Crippen molar-refractivity contribution in [2.45, 2.75) is 4.90 Å². The number of hydrogen-bond acceptors (Lipinski definition) is 3. The molecular formula is C15H13FN2O4S. The third kappa shape index (κ3) is 2.90. The molecule has 0 aliphatic carbocycles. The molecule has 0 saturated carbocycles. The zero-order chi connectivity index (χ0) is 16.6. The Morgan fingerprint density at radius 3 is 2.48 bits per heavy atom. The van der Waals surface area contributed by atoms with Crippen molar-refractivity contribution in [2.75, 3.05) is 18.0 Å². The number of rotatable bonds is 3. The van der Waals surface area contributed by atoms with Gasteiger partial charge < -0.3 is 5.32 Å². The molecule has 0 bridgehead atoms. The number of amides is 2. The number of anilines is 1. The Hall–Kier alpha value is -2.45. The summed E-state index contributed by atoms with van der Waals surface area (Å²) < 4.78 is 46.6. The number of nitrogens with zero attached hydrogens (tertiary/aromatic N) is 1. The van der Waals surface area contributed by atoms with E-state index in [9.17, 15) is 22.2 Å². The van der Waals surface area contributed by atoms with Crippen LogP contribution in [0.25, 0.3) is 11.1 Å². The van der Waals surface area contributed by atoms with Gasteiger partial charge in [-0.1, -0.05) is 18.2 Å². The molecule has 23 heavy (non-hydrogen) atoms. The molecule has 2 N–H and O–H groups in total. The van der Waals surface area contributed by atoms with Crippen LogP contribution in [0.2, 0.25) is 0 Å². The Bertz CT molecular complexity index is 883. The Balaban J connectivity index is 2.21. The highest BCUT2D eigenvalue weighted by atomic mass is 32.2. The van der Waals surface area contributed by atoms with E-state index >= 15 is 0 Å². The second-order valence-corrected chi connectivity index (χ2v) is 6.41. The lowest BCUT2D eigenvalue weighted by Crippen LogP contribution is -2.27.